The summed E-state index contributed by atoms with van der Waals surface area (Å²) < 4.78 is 29.0. The van der Waals surface area contributed by atoms with E-state index >= 15 is 4.39 Å². The highest BCUT2D eigenvalue weighted by molar-refractivity contribution is 6.32. The Morgan fingerprint density at radius 2 is 2.09 bits per heavy atom. The van der Waals surface area contributed by atoms with Crippen LogP contribution in [-0.2, 0) is 4.79 Å². The molecule has 5 aromatic rings. The average Bonchev–Trinajstić information content (AvgIpc) is 3.45. The van der Waals surface area contributed by atoms with Crippen LogP contribution < -0.4 is 19.7 Å². The van der Waals surface area contributed by atoms with Crippen molar-refractivity contribution in [3.8, 4) is 17.2 Å². The zero-order valence-electron chi connectivity index (χ0n) is 24.4. The summed E-state index contributed by atoms with van der Waals surface area (Å²) in [6.07, 6.45) is 7.95. The lowest BCUT2D eigenvalue weighted by Crippen LogP contribution is -2.56. The summed E-state index contributed by atoms with van der Waals surface area (Å²) in [7, 11) is 3.90. The van der Waals surface area contributed by atoms with Crippen molar-refractivity contribution in [1.82, 2.24) is 39.3 Å². The molecule has 1 aromatic carbocycles. The number of carbonyl (C=O) groups is 1. The van der Waals surface area contributed by atoms with Crippen molar-refractivity contribution >= 4 is 51.5 Å². The number of nitrogens with zero attached hydrogens (tertiary/aromatic N) is 9. The number of anilines is 3. The molecule has 15 heteroatoms. The molecule has 1 N–H and O–H groups in total. The molecular formula is C30H28ClFN10O3. The number of carbonyl (C=O) groups excluding carboxylic acids is 1. The molecule has 6 heterocycles. The summed E-state index contributed by atoms with van der Waals surface area (Å²) in [5, 5.41) is 7.26. The van der Waals surface area contributed by atoms with Crippen molar-refractivity contribution < 1.29 is 18.7 Å². The first-order valence-electron chi connectivity index (χ1n) is 14.2. The SMILES string of the molecule is CN(C)C/C=C/C(=O)N1CCN2C[C@H]1COc1cc3ncnc(Nc4cc(Cl)c(Oc5ccn6ncnc6c5)cc4F)c3nc12. The first kappa shape index (κ1) is 28.7. The van der Waals surface area contributed by atoms with Crippen molar-refractivity contribution in [1.29, 1.82) is 0 Å². The molecule has 1 atom stereocenters. The van der Waals surface area contributed by atoms with Gasteiger partial charge in [0.25, 0.3) is 0 Å². The van der Waals surface area contributed by atoms with E-state index in [0.717, 1.165) is 0 Å². The summed E-state index contributed by atoms with van der Waals surface area (Å²) in [6.45, 7) is 2.67. The molecule has 13 nitrogen and oxygen atoms in total. The van der Waals surface area contributed by atoms with Gasteiger partial charge in [0.15, 0.2) is 23.0 Å². The van der Waals surface area contributed by atoms with Crippen LogP contribution in [0.15, 0.2) is 61.3 Å². The predicted molar refractivity (Wildman–Crippen MR) is 166 cm³/mol. The van der Waals surface area contributed by atoms with Gasteiger partial charge in [-0.05, 0) is 26.2 Å². The number of hydrogen-bond donors (Lipinski definition) is 1. The molecule has 4 aromatic heterocycles. The van der Waals surface area contributed by atoms with E-state index in [9.17, 15) is 4.79 Å². The van der Waals surface area contributed by atoms with E-state index in [-0.39, 0.29) is 28.4 Å². The van der Waals surface area contributed by atoms with Gasteiger partial charge in [0, 0.05) is 56.7 Å². The highest BCUT2D eigenvalue weighted by Gasteiger charge is 2.35. The second-order valence-corrected chi connectivity index (χ2v) is 11.3. The number of benzene rings is 1. The number of pyridine rings is 2. The number of likely N-dealkylation sites (N-methyl/N-ethyl adjacent to an activating group) is 1. The normalized spacial score (nSPS) is 16.2. The first-order valence-corrected chi connectivity index (χ1v) is 14.6. The molecule has 1 saturated heterocycles. The Morgan fingerprint density at radius 1 is 1.20 bits per heavy atom. The number of ether oxygens (including phenoxy) is 2. The van der Waals surface area contributed by atoms with E-state index in [0.29, 0.717) is 72.6 Å². The Kier molecular flexibility index (Phi) is 7.51. The molecular weight excluding hydrogens is 603 g/mol. The minimum Gasteiger partial charge on any atom is -0.487 e. The molecule has 0 aliphatic carbocycles. The van der Waals surface area contributed by atoms with Crippen LogP contribution in [0, 0.1) is 5.82 Å². The molecule has 0 unspecified atom stereocenters. The van der Waals surface area contributed by atoms with Crippen LogP contribution in [0.1, 0.15) is 0 Å². The zero-order valence-corrected chi connectivity index (χ0v) is 25.1. The molecule has 2 aliphatic heterocycles. The van der Waals surface area contributed by atoms with E-state index in [1.165, 1.54) is 24.8 Å². The minimum atomic E-state index is -0.605. The number of rotatable bonds is 7. The fourth-order valence-corrected chi connectivity index (χ4v) is 5.53. The van der Waals surface area contributed by atoms with Gasteiger partial charge in [-0.2, -0.15) is 5.10 Å². The number of nitrogens with one attached hydrogen (secondary N) is 1. The van der Waals surface area contributed by atoms with Crippen LogP contribution >= 0.6 is 11.6 Å². The first-order chi connectivity index (χ1) is 21.8. The van der Waals surface area contributed by atoms with Gasteiger partial charge in [0.1, 0.15) is 42.1 Å². The molecule has 0 spiro atoms. The van der Waals surface area contributed by atoms with Crippen LogP contribution in [0.3, 0.4) is 0 Å². The Bertz CT molecular complexity index is 1950. The summed E-state index contributed by atoms with van der Waals surface area (Å²) in [5.41, 5.74) is 1.61. The largest absolute Gasteiger partial charge is 0.487 e. The molecule has 0 saturated carbocycles. The number of piperazine rings is 1. The van der Waals surface area contributed by atoms with Gasteiger partial charge < -0.3 is 29.5 Å². The Morgan fingerprint density at radius 3 is 2.96 bits per heavy atom. The Labute approximate surface area is 261 Å². The van der Waals surface area contributed by atoms with Gasteiger partial charge in [0.05, 0.1) is 22.3 Å². The van der Waals surface area contributed by atoms with Crippen molar-refractivity contribution in [2.45, 2.75) is 6.04 Å². The van der Waals surface area contributed by atoms with E-state index in [4.69, 9.17) is 26.1 Å². The summed E-state index contributed by atoms with van der Waals surface area (Å²) in [4.78, 5) is 36.6. The smallest absolute Gasteiger partial charge is 0.246 e. The average molecular weight is 631 g/mol. The third-order valence-electron chi connectivity index (χ3n) is 7.54. The fourth-order valence-electron chi connectivity index (χ4n) is 5.33. The van der Waals surface area contributed by atoms with Crippen molar-refractivity contribution in [2.75, 3.05) is 57.1 Å². The number of amides is 1. The third kappa shape index (κ3) is 5.77. The van der Waals surface area contributed by atoms with Crippen LogP contribution in [0.5, 0.6) is 17.2 Å². The van der Waals surface area contributed by atoms with Gasteiger partial charge in [0.2, 0.25) is 5.91 Å². The maximum atomic E-state index is 15.4. The van der Waals surface area contributed by atoms with E-state index in [1.807, 2.05) is 30.0 Å². The lowest BCUT2D eigenvalue weighted by Gasteiger charge is -2.39. The number of aromatic nitrogens is 6. The quantitative estimate of drug-likeness (QED) is 0.263. The second-order valence-electron chi connectivity index (χ2n) is 10.9. The molecule has 45 heavy (non-hydrogen) atoms. The van der Waals surface area contributed by atoms with Crippen molar-refractivity contribution in [2.24, 2.45) is 0 Å². The van der Waals surface area contributed by atoms with Crippen molar-refractivity contribution in [3.05, 3.63) is 72.2 Å². The van der Waals surface area contributed by atoms with Gasteiger partial charge in [-0.3, -0.25) is 4.79 Å². The lowest BCUT2D eigenvalue weighted by molar-refractivity contribution is -0.129. The topological polar surface area (TPSA) is 126 Å². The highest BCUT2D eigenvalue weighted by atomic mass is 35.5. The molecule has 0 radical (unpaired) electrons. The monoisotopic (exact) mass is 630 g/mol. The fraction of sp³-hybridized carbons (Fsp3) is 0.267. The number of halogens is 2. The predicted octanol–water partition coefficient (Wildman–Crippen LogP) is 3.92. The molecule has 2 aliphatic rings. The third-order valence-corrected chi connectivity index (χ3v) is 7.83. The molecule has 2 bridgehead atoms. The molecule has 230 valence electrons. The van der Waals surface area contributed by atoms with E-state index < -0.39 is 5.82 Å². The van der Waals surface area contributed by atoms with Gasteiger partial charge in [-0.25, -0.2) is 28.8 Å². The lowest BCUT2D eigenvalue weighted by atomic mass is 10.1. The summed E-state index contributed by atoms with van der Waals surface area (Å²) in [6, 6.07) is 7.62. The Hall–Kier alpha value is -5.08. The number of hydrogen-bond acceptors (Lipinski definition) is 11. The maximum absolute atomic E-state index is 15.4. The summed E-state index contributed by atoms with van der Waals surface area (Å²) >= 11 is 6.51. The minimum absolute atomic E-state index is 0.0416. The molecule has 1 amide bonds. The van der Waals surface area contributed by atoms with Crippen LogP contribution in [0.4, 0.5) is 21.7 Å². The standard InChI is InChI=1S/C30H28ClFN10O3/c1-39(2)6-3-4-27(43)41-9-8-40-14-18(41)15-44-25-13-23-28(38-30(25)40)29(35-16-33-23)37-22-11-20(31)24(12-21(22)32)45-19-5-7-42-26(10-19)34-17-36-42/h3-5,7,10-13,16-18H,6,8-9,14-15H2,1-2H3,(H,33,35,37)/b4-3+/t18-/m0/s1. The molecule has 7 rings (SSSR count). The van der Waals surface area contributed by atoms with E-state index in [2.05, 4.69) is 30.3 Å². The Balaban J connectivity index is 1.12. The van der Waals surface area contributed by atoms with Gasteiger partial charge in [-0.1, -0.05) is 17.7 Å². The highest BCUT2D eigenvalue weighted by Crippen LogP contribution is 2.38. The zero-order chi connectivity index (χ0) is 31.1. The number of fused-ring (bicyclic) bond motifs is 6. The van der Waals surface area contributed by atoms with Gasteiger partial charge in [-0.15, -0.1) is 0 Å². The van der Waals surface area contributed by atoms with Crippen LogP contribution in [-0.4, -0.2) is 98.2 Å². The van der Waals surface area contributed by atoms with Crippen molar-refractivity contribution in [3.63, 3.8) is 0 Å². The van der Waals surface area contributed by atoms with E-state index in [1.54, 1.807) is 35.0 Å². The van der Waals surface area contributed by atoms with Gasteiger partial charge >= 0.3 is 0 Å². The van der Waals surface area contributed by atoms with Crippen LogP contribution in [0.25, 0.3) is 16.7 Å². The summed E-state index contributed by atoms with van der Waals surface area (Å²) in [5.74, 6) is 1.39. The molecule has 1 fully saturated rings. The maximum Gasteiger partial charge on any atom is 0.246 e. The van der Waals surface area contributed by atoms with Crippen LogP contribution in [0.2, 0.25) is 5.02 Å². The second kappa shape index (κ2) is 11.8.